The first-order chi connectivity index (χ1) is 8.12. The Morgan fingerprint density at radius 1 is 0.941 bits per heavy atom. The van der Waals surface area contributed by atoms with E-state index in [9.17, 15) is 0 Å². The van der Waals surface area contributed by atoms with Crippen LogP contribution in [0.3, 0.4) is 0 Å². The molecule has 0 bridgehead atoms. The largest absolute Gasteiger partial charge is 0.266 e. The number of nitrogens with zero attached hydrogens (tertiary/aromatic N) is 2. The highest BCUT2D eigenvalue weighted by molar-refractivity contribution is 6.73. The molecular weight excluding hydrogens is 224 g/mol. The van der Waals surface area contributed by atoms with Gasteiger partial charge in [0.05, 0.1) is 0 Å². The summed E-state index contributed by atoms with van der Waals surface area (Å²) < 4.78 is 0. The first-order valence-electron chi connectivity index (χ1n) is 5.79. The molecule has 0 unspecified atom stereocenters. The molecule has 0 aromatic carbocycles. The molecule has 1 radical (unpaired) electrons. The van der Waals surface area contributed by atoms with E-state index >= 15 is 0 Å². The van der Waals surface area contributed by atoms with Gasteiger partial charge in [-0.3, -0.25) is 9.97 Å². The third-order valence-electron chi connectivity index (χ3n) is 3.29. The molecule has 0 saturated carbocycles. The van der Waals surface area contributed by atoms with Crippen LogP contribution in [0.25, 0.3) is 0 Å². The highest BCUT2D eigenvalue weighted by atomic mass is 28.3. The molecule has 0 aliphatic rings. The molecular formula is C14H17N2Si. The van der Waals surface area contributed by atoms with Crippen molar-refractivity contribution in [3.8, 4) is 0 Å². The third-order valence-corrected chi connectivity index (χ3v) is 6.49. The van der Waals surface area contributed by atoms with Crippen LogP contribution < -0.4 is 5.32 Å². The van der Waals surface area contributed by atoms with Gasteiger partial charge in [0.15, 0.2) is 0 Å². The van der Waals surface area contributed by atoms with Crippen LogP contribution in [-0.2, 0) is 5.04 Å². The second-order valence-corrected chi connectivity index (χ2v) is 7.69. The average molecular weight is 241 g/mol. The molecule has 2 aromatic heterocycles. The van der Waals surface area contributed by atoms with Gasteiger partial charge in [-0.15, -0.1) is 0 Å². The Morgan fingerprint density at radius 2 is 1.59 bits per heavy atom. The fraction of sp³-hybridized carbons (Fsp3) is 0.286. The number of rotatable bonds is 3. The molecule has 0 saturated heterocycles. The van der Waals surface area contributed by atoms with Crippen molar-refractivity contribution >= 4 is 14.1 Å². The van der Waals surface area contributed by atoms with Gasteiger partial charge in [-0.05, 0) is 24.3 Å². The predicted molar refractivity (Wildman–Crippen MR) is 72.8 cm³/mol. The van der Waals surface area contributed by atoms with Crippen LogP contribution in [0, 0.1) is 0 Å². The zero-order valence-electron chi connectivity index (χ0n) is 10.5. The van der Waals surface area contributed by atoms with Crippen LogP contribution in [0.15, 0.2) is 48.8 Å². The van der Waals surface area contributed by atoms with Crippen molar-refractivity contribution in [1.29, 1.82) is 0 Å². The van der Waals surface area contributed by atoms with Crippen LogP contribution in [0.1, 0.15) is 19.5 Å². The first kappa shape index (κ1) is 12.0. The minimum absolute atomic E-state index is 0.0836. The molecule has 2 heterocycles. The van der Waals surface area contributed by atoms with Crippen LogP contribution >= 0.6 is 0 Å². The summed E-state index contributed by atoms with van der Waals surface area (Å²) in [5, 5.41) is 1.30. The van der Waals surface area contributed by atoms with E-state index in [0.717, 1.165) is 5.69 Å². The lowest BCUT2D eigenvalue weighted by molar-refractivity contribution is 0.709. The fourth-order valence-corrected chi connectivity index (χ4v) is 3.62. The molecule has 2 nitrogen and oxygen atoms in total. The second-order valence-electron chi connectivity index (χ2n) is 4.68. The van der Waals surface area contributed by atoms with Gasteiger partial charge in [0.2, 0.25) is 0 Å². The summed E-state index contributed by atoms with van der Waals surface area (Å²) in [6.45, 7) is 6.83. The molecule has 2 aromatic rings. The Bertz CT molecular complexity index is 468. The molecule has 0 amide bonds. The Kier molecular flexibility index (Phi) is 3.38. The quantitative estimate of drug-likeness (QED) is 0.771. The molecule has 0 fully saturated rings. The summed E-state index contributed by atoms with van der Waals surface area (Å²) in [6.07, 6.45) is 3.74. The lowest BCUT2D eigenvalue weighted by Gasteiger charge is -2.29. The van der Waals surface area contributed by atoms with Crippen molar-refractivity contribution in [2.75, 3.05) is 0 Å². The number of pyridine rings is 2. The molecule has 3 heteroatoms. The Balaban J connectivity index is 2.33. The van der Waals surface area contributed by atoms with Crippen LogP contribution in [0.2, 0.25) is 6.55 Å². The van der Waals surface area contributed by atoms with E-state index in [1.165, 1.54) is 5.32 Å². The highest BCUT2D eigenvalue weighted by Gasteiger charge is 2.32. The van der Waals surface area contributed by atoms with E-state index in [1.54, 1.807) is 0 Å². The monoisotopic (exact) mass is 241 g/mol. The topological polar surface area (TPSA) is 25.8 Å². The van der Waals surface area contributed by atoms with E-state index in [-0.39, 0.29) is 5.04 Å². The van der Waals surface area contributed by atoms with E-state index < -0.39 is 8.80 Å². The normalized spacial score (nSPS) is 11.8. The average Bonchev–Trinajstić information content (AvgIpc) is 2.40. The minimum Gasteiger partial charge on any atom is -0.266 e. The molecule has 17 heavy (non-hydrogen) atoms. The SMILES string of the molecule is C[Si](c1ccccn1)C(C)(C)c1ccccn1. The standard InChI is InChI=1S/C14H17N2Si/c1-14(2,12-8-4-6-10-15-12)17(3)13-9-5-7-11-16-13/h4-11H,1-3H3. The van der Waals surface area contributed by atoms with E-state index in [1.807, 2.05) is 24.5 Å². The van der Waals surface area contributed by atoms with Crippen molar-refractivity contribution < 1.29 is 0 Å². The molecule has 0 atom stereocenters. The highest BCUT2D eigenvalue weighted by Crippen LogP contribution is 2.23. The Labute approximate surface area is 104 Å². The van der Waals surface area contributed by atoms with Gasteiger partial charge in [-0.25, -0.2) is 0 Å². The molecule has 2 rings (SSSR count). The van der Waals surface area contributed by atoms with Crippen LogP contribution in [0.5, 0.6) is 0 Å². The van der Waals surface area contributed by atoms with Crippen molar-refractivity contribution in [3.63, 3.8) is 0 Å². The summed E-state index contributed by atoms with van der Waals surface area (Å²) >= 11 is 0. The summed E-state index contributed by atoms with van der Waals surface area (Å²) in [5.74, 6) is 0. The van der Waals surface area contributed by atoms with E-state index in [0.29, 0.717) is 0 Å². The maximum Gasteiger partial charge on any atom is 0.120 e. The van der Waals surface area contributed by atoms with Crippen molar-refractivity contribution in [1.82, 2.24) is 9.97 Å². The molecule has 0 spiro atoms. The van der Waals surface area contributed by atoms with Gasteiger partial charge in [0.1, 0.15) is 8.80 Å². The number of aromatic nitrogens is 2. The van der Waals surface area contributed by atoms with Gasteiger partial charge >= 0.3 is 0 Å². The van der Waals surface area contributed by atoms with E-state index in [2.05, 4.69) is 54.6 Å². The van der Waals surface area contributed by atoms with Gasteiger partial charge in [-0.1, -0.05) is 32.5 Å². The predicted octanol–water partition coefficient (Wildman–Crippen LogP) is 2.33. The van der Waals surface area contributed by atoms with E-state index in [4.69, 9.17) is 0 Å². The molecule has 87 valence electrons. The summed E-state index contributed by atoms with van der Waals surface area (Å²) in [6, 6.07) is 12.3. The molecule has 0 N–H and O–H groups in total. The summed E-state index contributed by atoms with van der Waals surface area (Å²) in [7, 11) is -0.769. The van der Waals surface area contributed by atoms with Gasteiger partial charge in [0.25, 0.3) is 0 Å². The zero-order chi connectivity index (χ0) is 12.3. The van der Waals surface area contributed by atoms with Crippen LogP contribution in [0.4, 0.5) is 0 Å². The number of hydrogen-bond acceptors (Lipinski definition) is 2. The Hall–Kier alpha value is -1.48. The number of hydrogen-bond donors (Lipinski definition) is 0. The Morgan fingerprint density at radius 3 is 2.12 bits per heavy atom. The maximum atomic E-state index is 4.49. The molecule has 0 aliphatic carbocycles. The minimum atomic E-state index is -0.769. The van der Waals surface area contributed by atoms with Gasteiger partial charge in [-0.2, -0.15) is 0 Å². The maximum absolute atomic E-state index is 4.49. The zero-order valence-corrected chi connectivity index (χ0v) is 11.5. The fourth-order valence-electron chi connectivity index (χ4n) is 1.83. The third kappa shape index (κ3) is 2.44. The van der Waals surface area contributed by atoms with Crippen molar-refractivity contribution in [3.05, 3.63) is 54.5 Å². The van der Waals surface area contributed by atoms with Gasteiger partial charge < -0.3 is 0 Å². The molecule has 0 aliphatic heterocycles. The smallest absolute Gasteiger partial charge is 0.120 e. The second kappa shape index (κ2) is 4.80. The summed E-state index contributed by atoms with van der Waals surface area (Å²) in [4.78, 5) is 8.98. The summed E-state index contributed by atoms with van der Waals surface area (Å²) in [5.41, 5.74) is 1.15. The first-order valence-corrected chi connectivity index (χ1v) is 7.79. The van der Waals surface area contributed by atoms with Crippen molar-refractivity contribution in [2.24, 2.45) is 0 Å². The van der Waals surface area contributed by atoms with Crippen LogP contribution in [-0.4, -0.2) is 18.8 Å². The van der Waals surface area contributed by atoms with Gasteiger partial charge in [0, 0.05) is 28.4 Å². The lowest BCUT2D eigenvalue weighted by atomic mass is 10.1. The van der Waals surface area contributed by atoms with Crippen molar-refractivity contribution in [2.45, 2.75) is 25.4 Å². The lowest BCUT2D eigenvalue weighted by Crippen LogP contribution is -2.46.